The van der Waals surface area contributed by atoms with Crippen LogP contribution in [0, 0.1) is 0 Å². The summed E-state index contributed by atoms with van der Waals surface area (Å²) in [5.74, 6) is 0.645. The summed E-state index contributed by atoms with van der Waals surface area (Å²) in [6.45, 7) is 5.66. The highest BCUT2D eigenvalue weighted by molar-refractivity contribution is 5.86. The van der Waals surface area contributed by atoms with Gasteiger partial charge in [-0.1, -0.05) is 31.1 Å². The Hall–Kier alpha value is -2.17. The molecule has 0 aliphatic carbocycles. The highest BCUT2D eigenvalue weighted by atomic mass is 16.4. The van der Waals surface area contributed by atoms with E-state index in [2.05, 4.69) is 29.4 Å². The summed E-state index contributed by atoms with van der Waals surface area (Å²) >= 11 is 0. The molecule has 18 heavy (non-hydrogen) atoms. The lowest BCUT2D eigenvalue weighted by Crippen LogP contribution is -2.05. The van der Waals surface area contributed by atoms with Gasteiger partial charge in [0.2, 0.25) is 11.8 Å². The molecule has 2 aromatic rings. The van der Waals surface area contributed by atoms with Crippen LogP contribution in [0.15, 0.2) is 28.7 Å². The van der Waals surface area contributed by atoms with Crippen molar-refractivity contribution in [3.8, 4) is 11.5 Å². The summed E-state index contributed by atoms with van der Waals surface area (Å²) < 4.78 is 5.33. The summed E-state index contributed by atoms with van der Waals surface area (Å²) in [6.07, 6.45) is 0. The maximum Gasteiger partial charge on any atom is 0.322 e. The van der Waals surface area contributed by atoms with E-state index in [0.29, 0.717) is 11.8 Å². The van der Waals surface area contributed by atoms with Crippen molar-refractivity contribution >= 4 is 11.9 Å². The Morgan fingerprint density at radius 3 is 2.44 bits per heavy atom. The van der Waals surface area contributed by atoms with Gasteiger partial charge in [-0.2, -0.15) is 0 Å². The van der Waals surface area contributed by atoms with E-state index in [1.807, 2.05) is 24.3 Å². The number of hydrogen-bond acceptors (Lipinski definition) is 4. The first-order valence-corrected chi connectivity index (χ1v) is 5.77. The van der Waals surface area contributed by atoms with Crippen LogP contribution in [0.4, 0.5) is 6.01 Å². The van der Waals surface area contributed by atoms with Gasteiger partial charge in [-0.25, -0.2) is 0 Å². The number of benzene rings is 1. The molecule has 1 aromatic heterocycles. The maximum absolute atomic E-state index is 10.8. The number of carbonyl (C=O) groups is 1. The molecule has 0 bridgehead atoms. The Labute approximate surface area is 105 Å². The molecule has 5 nitrogen and oxygen atoms in total. The number of carbonyl (C=O) groups excluding carboxylic acids is 1. The molecule has 5 heteroatoms. The summed E-state index contributed by atoms with van der Waals surface area (Å²) in [4.78, 5) is 10.8. The first-order valence-electron chi connectivity index (χ1n) is 5.77. The third-order valence-corrected chi connectivity index (χ3v) is 2.53. The molecule has 0 spiro atoms. The van der Waals surface area contributed by atoms with Crippen LogP contribution in [-0.4, -0.2) is 16.1 Å². The molecule has 0 atom stereocenters. The zero-order chi connectivity index (χ0) is 13.1. The average Bonchev–Trinajstić information content (AvgIpc) is 2.76. The van der Waals surface area contributed by atoms with Gasteiger partial charge in [0.05, 0.1) is 0 Å². The molecule has 0 unspecified atom stereocenters. The van der Waals surface area contributed by atoms with E-state index in [0.717, 1.165) is 5.56 Å². The second-order valence-electron chi connectivity index (χ2n) is 4.37. The second kappa shape index (κ2) is 5.00. The number of nitrogens with one attached hydrogen (secondary N) is 1. The van der Waals surface area contributed by atoms with Crippen LogP contribution >= 0.6 is 0 Å². The minimum Gasteiger partial charge on any atom is -0.403 e. The summed E-state index contributed by atoms with van der Waals surface area (Å²) in [5.41, 5.74) is 2.09. The highest BCUT2D eigenvalue weighted by Crippen LogP contribution is 2.22. The molecule has 0 fully saturated rings. The van der Waals surface area contributed by atoms with E-state index in [1.165, 1.54) is 12.5 Å². The molecule has 94 valence electrons. The van der Waals surface area contributed by atoms with Crippen LogP contribution in [0.2, 0.25) is 0 Å². The molecule has 1 aromatic carbocycles. The van der Waals surface area contributed by atoms with Crippen LogP contribution < -0.4 is 5.32 Å². The number of nitrogens with zero attached hydrogens (tertiary/aromatic N) is 2. The van der Waals surface area contributed by atoms with Crippen LogP contribution in [0.1, 0.15) is 32.3 Å². The lowest BCUT2D eigenvalue weighted by Gasteiger charge is -2.04. The minimum atomic E-state index is -0.236. The van der Waals surface area contributed by atoms with E-state index in [1.54, 1.807) is 0 Å². The molecule has 0 saturated carbocycles. The summed E-state index contributed by atoms with van der Waals surface area (Å²) in [7, 11) is 0. The number of aromatic nitrogens is 2. The van der Waals surface area contributed by atoms with Gasteiger partial charge in [0.15, 0.2) is 0 Å². The largest absolute Gasteiger partial charge is 0.403 e. The fraction of sp³-hybridized carbons (Fsp3) is 0.308. The molecule has 0 saturated heterocycles. The zero-order valence-corrected chi connectivity index (χ0v) is 10.6. The number of anilines is 1. The van der Waals surface area contributed by atoms with E-state index in [9.17, 15) is 4.79 Å². The van der Waals surface area contributed by atoms with Crippen molar-refractivity contribution < 1.29 is 9.21 Å². The first-order chi connectivity index (χ1) is 8.56. The predicted octanol–water partition coefficient (Wildman–Crippen LogP) is 2.82. The highest BCUT2D eigenvalue weighted by Gasteiger charge is 2.09. The lowest BCUT2D eigenvalue weighted by atomic mass is 10.0. The van der Waals surface area contributed by atoms with E-state index < -0.39 is 0 Å². The topological polar surface area (TPSA) is 68.0 Å². The van der Waals surface area contributed by atoms with Crippen molar-refractivity contribution in [2.45, 2.75) is 26.7 Å². The summed E-state index contributed by atoms with van der Waals surface area (Å²) in [5, 5.41) is 10.1. The van der Waals surface area contributed by atoms with E-state index >= 15 is 0 Å². The Bertz CT molecular complexity index is 544. The van der Waals surface area contributed by atoms with Crippen molar-refractivity contribution in [2.24, 2.45) is 0 Å². The molecule has 1 N–H and O–H groups in total. The van der Waals surface area contributed by atoms with Crippen molar-refractivity contribution in [3.63, 3.8) is 0 Å². The molecule has 2 rings (SSSR count). The van der Waals surface area contributed by atoms with Crippen molar-refractivity contribution in [2.75, 3.05) is 5.32 Å². The van der Waals surface area contributed by atoms with Gasteiger partial charge >= 0.3 is 6.01 Å². The van der Waals surface area contributed by atoms with Gasteiger partial charge in [0.25, 0.3) is 0 Å². The fourth-order valence-corrected chi connectivity index (χ4v) is 1.55. The smallest absolute Gasteiger partial charge is 0.322 e. The zero-order valence-electron chi connectivity index (χ0n) is 10.6. The van der Waals surface area contributed by atoms with Crippen molar-refractivity contribution in [1.82, 2.24) is 10.2 Å². The van der Waals surface area contributed by atoms with Gasteiger partial charge in [0, 0.05) is 12.5 Å². The van der Waals surface area contributed by atoms with Crippen molar-refractivity contribution in [1.29, 1.82) is 0 Å². The first kappa shape index (κ1) is 12.3. The van der Waals surface area contributed by atoms with Crippen LogP contribution in [0.5, 0.6) is 0 Å². The standard InChI is InChI=1S/C13H15N3O2/c1-8(2)10-4-6-11(7-5-10)12-15-16-13(18-12)14-9(3)17/h4-8H,1-3H3,(H,14,16,17). The maximum atomic E-state index is 10.8. The molecule has 0 aliphatic heterocycles. The Kier molecular flexibility index (Phi) is 3.41. The molecule has 0 aliphatic rings. The van der Waals surface area contributed by atoms with Crippen LogP contribution in [-0.2, 0) is 4.79 Å². The third-order valence-electron chi connectivity index (χ3n) is 2.53. The van der Waals surface area contributed by atoms with Crippen LogP contribution in [0.3, 0.4) is 0 Å². The monoisotopic (exact) mass is 245 g/mol. The SMILES string of the molecule is CC(=O)Nc1nnc(-c2ccc(C(C)C)cc2)o1. The lowest BCUT2D eigenvalue weighted by molar-refractivity contribution is -0.114. The van der Waals surface area contributed by atoms with Gasteiger partial charge in [-0.05, 0) is 23.6 Å². The molecule has 1 heterocycles. The van der Waals surface area contributed by atoms with E-state index in [-0.39, 0.29) is 11.9 Å². The third kappa shape index (κ3) is 2.74. The normalized spacial score (nSPS) is 10.7. The summed E-state index contributed by atoms with van der Waals surface area (Å²) in [6, 6.07) is 8.04. The van der Waals surface area contributed by atoms with Gasteiger partial charge < -0.3 is 4.42 Å². The Morgan fingerprint density at radius 2 is 1.89 bits per heavy atom. The fourth-order valence-electron chi connectivity index (χ4n) is 1.55. The molecule has 0 radical (unpaired) electrons. The van der Waals surface area contributed by atoms with Gasteiger partial charge in [0.1, 0.15) is 0 Å². The quantitative estimate of drug-likeness (QED) is 0.902. The number of rotatable bonds is 3. The Balaban J connectivity index is 2.20. The Morgan fingerprint density at radius 1 is 1.22 bits per heavy atom. The van der Waals surface area contributed by atoms with Crippen molar-refractivity contribution in [3.05, 3.63) is 29.8 Å². The van der Waals surface area contributed by atoms with Gasteiger partial charge in [-0.15, -0.1) is 5.10 Å². The predicted molar refractivity (Wildman–Crippen MR) is 68.1 cm³/mol. The molecule has 1 amide bonds. The molecular formula is C13H15N3O2. The number of hydrogen-bond donors (Lipinski definition) is 1. The van der Waals surface area contributed by atoms with Crippen LogP contribution in [0.25, 0.3) is 11.5 Å². The number of amides is 1. The minimum absolute atomic E-state index is 0.116. The molecular weight excluding hydrogens is 230 g/mol. The van der Waals surface area contributed by atoms with Gasteiger partial charge in [-0.3, -0.25) is 10.1 Å². The average molecular weight is 245 g/mol. The van der Waals surface area contributed by atoms with E-state index in [4.69, 9.17) is 4.42 Å². The second-order valence-corrected chi connectivity index (χ2v) is 4.37.